The van der Waals surface area contributed by atoms with E-state index in [1.807, 2.05) is 12.1 Å². The van der Waals surface area contributed by atoms with Gasteiger partial charge in [0.05, 0.1) is 79.1 Å². The molecule has 0 saturated carbocycles. The second-order valence-electron chi connectivity index (χ2n) is 10.3. The summed E-state index contributed by atoms with van der Waals surface area (Å²) < 4.78 is 38.6. The Kier molecular flexibility index (Phi) is 27.8. The average molecular weight is 628 g/mol. The van der Waals surface area contributed by atoms with Crippen LogP contribution >= 0.6 is 0 Å². The van der Waals surface area contributed by atoms with Crippen LogP contribution in [0.3, 0.4) is 0 Å². The number of carboxylic acid groups (broad SMARTS) is 1. The summed E-state index contributed by atoms with van der Waals surface area (Å²) >= 11 is 0. The van der Waals surface area contributed by atoms with E-state index in [4.69, 9.17) is 38.3 Å². The number of aliphatic carboxylic acids is 1. The van der Waals surface area contributed by atoms with Crippen LogP contribution in [-0.2, 0) is 44.4 Å². The monoisotopic (exact) mass is 627 g/mol. The number of unbranched alkanes of at least 4 members (excludes halogenated alkanes) is 5. The number of hydrogen-bond donors (Lipinski definition) is 2. The molecule has 0 heterocycles. The third-order valence-corrected chi connectivity index (χ3v) is 6.45. The molecular weight excluding hydrogens is 570 g/mol. The molecule has 11 heteroatoms. The standard InChI is InChI=1S/C33H57NO10/c1-2-3-4-5-6-7-9-30-10-12-31(13-11-30)44-29-28-43-27-26-42-25-24-41-23-22-40-21-20-39-19-18-38-17-8-16-34-32(35)14-15-33(36)37/h10-13H,2-9,14-29H2,1H3,(H,34,35)(H,36,37). The van der Waals surface area contributed by atoms with Crippen molar-refractivity contribution in [2.75, 3.05) is 92.4 Å². The Bertz CT molecular complexity index is 793. The molecule has 0 aliphatic carbocycles. The Morgan fingerprint density at radius 1 is 0.591 bits per heavy atom. The van der Waals surface area contributed by atoms with Gasteiger partial charge in [0, 0.05) is 19.6 Å². The Balaban J connectivity index is 1.74. The lowest BCUT2D eigenvalue weighted by Crippen LogP contribution is -2.25. The normalized spacial score (nSPS) is 11.1. The molecule has 44 heavy (non-hydrogen) atoms. The number of nitrogens with one attached hydrogen (secondary N) is 1. The predicted octanol–water partition coefficient (Wildman–Crippen LogP) is 4.44. The molecule has 0 spiro atoms. The van der Waals surface area contributed by atoms with Gasteiger partial charge in [-0.1, -0.05) is 51.2 Å². The topological polar surface area (TPSA) is 131 Å². The van der Waals surface area contributed by atoms with Crippen molar-refractivity contribution in [3.8, 4) is 5.75 Å². The first-order valence-corrected chi connectivity index (χ1v) is 16.3. The van der Waals surface area contributed by atoms with Gasteiger partial charge in [0.2, 0.25) is 5.91 Å². The third-order valence-electron chi connectivity index (χ3n) is 6.45. The van der Waals surface area contributed by atoms with Crippen LogP contribution in [-0.4, -0.2) is 109 Å². The minimum absolute atomic E-state index is 0.00420. The molecule has 1 aromatic carbocycles. The largest absolute Gasteiger partial charge is 0.491 e. The summed E-state index contributed by atoms with van der Waals surface area (Å²) in [6.07, 6.45) is 9.55. The molecule has 0 fully saturated rings. The van der Waals surface area contributed by atoms with Gasteiger partial charge in [-0.15, -0.1) is 0 Å². The molecule has 1 rings (SSSR count). The molecule has 2 N–H and O–H groups in total. The number of amides is 1. The van der Waals surface area contributed by atoms with Crippen molar-refractivity contribution in [1.82, 2.24) is 5.32 Å². The summed E-state index contributed by atoms with van der Waals surface area (Å²) in [4.78, 5) is 21.8. The lowest BCUT2D eigenvalue weighted by molar-refractivity contribution is -0.138. The minimum Gasteiger partial charge on any atom is -0.491 e. The van der Waals surface area contributed by atoms with Gasteiger partial charge in [-0.25, -0.2) is 0 Å². The fourth-order valence-electron chi connectivity index (χ4n) is 3.99. The molecule has 0 aromatic heterocycles. The van der Waals surface area contributed by atoms with Crippen LogP contribution in [0.4, 0.5) is 0 Å². The van der Waals surface area contributed by atoms with Crippen LogP contribution in [0.5, 0.6) is 5.75 Å². The molecule has 1 amide bonds. The summed E-state index contributed by atoms with van der Waals surface area (Å²) in [5.41, 5.74) is 1.37. The van der Waals surface area contributed by atoms with E-state index in [1.165, 1.54) is 44.1 Å². The van der Waals surface area contributed by atoms with Crippen molar-refractivity contribution >= 4 is 11.9 Å². The van der Waals surface area contributed by atoms with E-state index in [2.05, 4.69) is 24.4 Å². The Morgan fingerprint density at radius 2 is 1.07 bits per heavy atom. The number of rotatable bonds is 33. The summed E-state index contributed by atoms with van der Waals surface area (Å²) in [5, 5.41) is 11.2. The highest BCUT2D eigenvalue weighted by molar-refractivity contribution is 5.80. The van der Waals surface area contributed by atoms with Gasteiger partial charge in [-0.3, -0.25) is 9.59 Å². The van der Waals surface area contributed by atoms with E-state index >= 15 is 0 Å². The van der Waals surface area contributed by atoms with E-state index in [0.29, 0.717) is 98.9 Å². The number of carbonyl (C=O) groups is 2. The highest BCUT2D eigenvalue weighted by Gasteiger charge is 2.04. The first-order chi connectivity index (χ1) is 21.6. The van der Waals surface area contributed by atoms with Gasteiger partial charge in [-0.05, 0) is 37.0 Å². The van der Waals surface area contributed by atoms with E-state index in [9.17, 15) is 9.59 Å². The van der Waals surface area contributed by atoms with E-state index in [1.54, 1.807) is 0 Å². The third kappa shape index (κ3) is 27.3. The number of carbonyl (C=O) groups excluding carboxylic acids is 1. The molecule has 0 saturated heterocycles. The van der Waals surface area contributed by atoms with E-state index in [0.717, 1.165) is 12.2 Å². The molecule has 254 valence electrons. The zero-order valence-corrected chi connectivity index (χ0v) is 26.9. The zero-order chi connectivity index (χ0) is 31.8. The maximum atomic E-state index is 11.4. The summed E-state index contributed by atoms with van der Waals surface area (Å²) in [7, 11) is 0. The molecule has 11 nitrogen and oxygen atoms in total. The lowest BCUT2D eigenvalue weighted by atomic mass is 10.0. The van der Waals surface area contributed by atoms with Gasteiger partial charge in [0.25, 0.3) is 0 Å². The van der Waals surface area contributed by atoms with Crippen LogP contribution in [0.25, 0.3) is 0 Å². The van der Waals surface area contributed by atoms with Gasteiger partial charge >= 0.3 is 5.97 Å². The van der Waals surface area contributed by atoms with Crippen molar-refractivity contribution in [2.24, 2.45) is 0 Å². The van der Waals surface area contributed by atoms with Crippen LogP contribution in [0.15, 0.2) is 24.3 Å². The zero-order valence-electron chi connectivity index (χ0n) is 26.9. The van der Waals surface area contributed by atoms with Crippen LogP contribution in [0.2, 0.25) is 0 Å². The van der Waals surface area contributed by atoms with Crippen molar-refractivity contribution in [3.63, 3.8) is 0 Å². The summed E-state index contributed by atoms with van der Waals surface area (Å²) in [6, 6.07) is 8.40. The first kappa shape index (κ1) is 39.7. The van der Waals surface area contributed by atoms with Crippen molar-refractivity contribution < 1.29 is 47.9 Å². The van der Waals surface area contributed by atoms with Crippen molar-refractivity contribution in [2.45, 2.75) is 71.1 Å². The number of ether oxygens (including phenoxy) is 7. The van der Waals surface area contributed by atoms with E-state index in [-0.39, 0.29) is 18.7 Å². The second-order valence-corrected chi connectivity index (χ2v) is 10.3. The smallest absolute Gasteiger partial charge is 0.303 e. The molecule has 0 bridgehead atoms. The fraction of sp³-hybridized carbons (Fsp3) is 0.758. The fourth-order valence-corrected chi connectivity index (χ4v) is 3.99. The van der Waals surface area contributed by atoms with Crippen LogP contribution in [0, 0.1) is 0 Å². The van der Waals surface area contributed by atoms with Crippen LogP contribution in [0.1, 0.15) is 70.3 Å². The SMILES string of the molecule is CCCCCCCCc1ccc(OCCOCCOCCOCCOCCOCCOCCCNC(=O)CCC(=O)O)cc1. The molecule has 1 aromatic rings. The highest BCUT2D eigenvalue weighted by Crippen LogP contribution is 2.15. The quantitative estimate of drug-likeness (QED) is 0.108. The number of aryl methyl sites for hydroxylation is 1. The highest BCUT2D eigenvalue weighted by atomic mass is 16.6. The van der Waals surface area contributed by atoms with E-state index < -0.39 is 5.97 Å². The second kappa shape index (κ2) is 30.7. The molecular formula is C33H57NO10. The number of carboxylic acids is 1. The Labute approximate surface area is 264 Å². The van der Waals surface area contributed by atoms with Crippen LogP contribution < -0.4 is 10.1 Å². The van der Waals surface area contributed by atoms with Gasteiger partial charge in [-0.2, -0.15) is 0 Å². The van der Waals surface area contributed by atoms with Gasteiger partial charge in [0.1, 0.15) is 12.4 Å². The van der Waals surface area contributed by atoms with Gasteiger partial charge < -0.3 is 43.6 Å². The number of benzene rings is 1. The molecule has 0 unspecified atom stereocenters. The lowest BCUT2D eigenvalue weighted by Gasteiger charge is -2.09. The molecule has 0 atom stereocenters. The molecule has 0 aliphatic rings. The maximum absolute atomic E-state index is 11.4. The first-order valence-electron chi connectivity index (χ1n) is 16.3. The maximum Gasteiger partial charge on any atom is 0.303 e. The summed E-state index contributed by atoms with van der Waals surface area (Å²) in [6.45, 7) is 9.14. The summed E-state index contributed by atoms with van der Waals surface area (Å²) in [5.74, 6) is -0.362. The minimum atomic E-state index is -0.978. The van der Waals surface area contributed by atoms with Gasteiger partial charge in [0.15, 0.2) is 0 Å². The van der Waals surface area contributed by atoms with Crippen molar-refractivity contribution in [3.05, 3.63) is 29.8 Å². The molecule has 0 aliphatic heterocycles. The van der Waals surface area contributed by atoms with Crippen molar-refractivity contribution in [1.29, 1.82) is 0 Å². The average Bonchev–Trinajstić information content (AvgIpc) is 3.02. The Morgan fingerprint density at radius 3 is 1.59 bits per heavy atom. The predicted molar refractivity (Wildman–Crippen MR) is 168 cm³/mol. The number of hydrogen-bond acceptors (Lipinski definition) is 9. The Hall–Kier alpha value is -2.28. The molecule has 0 radical (unpaired) electrons.